The minimum atomic E-state index is 0.486. The van der Waals surface area contributed by atoms with Gasteiger partial charge in [-0.1, -0.05) is 22.8 Å². The predicted octanol–water partition coefficient (Wildman–Crippen LogP) is 2.87. The molecule has 0 saturated heterocycles. The second-order valence-electron chi connectivity index (χ2n) is 4.31. The summed E-state index contributed by atoms with van der Waals surface area (Å²) in [6.45, 7) is 3.23. The van der Waals surface area contributed by atoms with Gasteiger partial charge in [0.25, 0.3) is 0 Å². The van der Waals surface area contributed by atoms with Gasteiger partial charge in [-0.3, -0.25) is 0 Å². The van der Waals surface area contributed by atoms with Gasteiger partial charge in [-0.25, -0.2) is 0 Å². The Hall–Kier alpha value is -1.26. The molecule has 0 amide bonds. The third kappa shape index (κ3) is 4.20. The van der Waals surface area contributed by atoms with Crippen LogP contribution < -0.4 is 4.74 Å². The van der Waals surface area contributed by atoms with Gasteiger partial charge in [-0.05, 0) is 39.6 Å². The van der Waals surface area contributed by atoms with Crippen LogP contribution in [0.1, 0.15) is 18.9 Å². The van der Waals surface area contributed by atoms with Crippen LogP contribution in [0.25, 0.3) is 0 Å². The monoisotopic (exact) mass is 270 g/mol. The molecule has 0 heterocycles. The van der Waals surface area contributed by atoms with E-state index in [1.165, 1.54) is 0 Å². The van der Waals surface area contributed by atoms with Gasteiger partial charge in [-0.2, -0.15) is 0 Å². The number of para-hydroxylation sites is 1. The lowest BCUT2D eigenvalue weighted by Crippen LogP contribution is -2.16. The van der Waals surface area contributed by atoms with Crippen molar-refractivity contribution < 1.29 is 9.94 Å². The van der Waals surface area contributed by atoms with E-state index in [9.17, 15) is 0 Å². The molecule has 0 aliphatic carbocycles. The zero-order valence-electron chi connectivity index (χ0n) is 11.0. The molecule has 0 spiro atoms. The SMILES string of the molecule is C/C(=N\O)c1cccc(Cl)c1OCCCN(C)C. The minimum absolute atomic E-state index is 0.486. The first-order valence-electron chi connectivity index (χ1n) is 5.81. The third-order valence-corrected chi connectivity index (χ3v) is 2.80. The zero-order chi connectivity index (χ0) is 13.5. The van der Waals surface area contributed by atoms with E-state index in [0.717, 1.165) is 18.5 Å². The first kappa shape index (κ1) is 14.8. The summed E-state index contributed by atoms with van der Waals surface area (Å²) in [4.78, 5) is 2.09. The van der Waals surface area contributed by atoms with E-state index >= 15 is 0 Å². The van der Waals surface area contributed by atoms with Gasteiger partial charge < -0.3 is 14.8 Å². The smallest absolute Gasteiger partial charge is 0.147 e. The van der Waals surface area contributed by atoms with Crippen LogP contribution in [-0.2, 0) is 0 Å². The van der Waals surface area contributed by atoms with Gasteiger partial charge in [0.15, 0.2) is 0 Å². The Kier molecular flexibility index (Phi) is 5.95. The molecule has 1 aromatic carbocycles. The molecular formula is C13H19ClN2O2. The molecular weight excluding hydrogens is 252 g/mol. The van der Waals surface area contributed by atoms with Crippen molar-refractivity contribution in [2.24, 2.45) is 5.16 Å². The first-order chi connectivity index (χ1) is 8.56. The van der Waals surface area contributed by atoms with Crippen LogP contribution in [0.15, 0.2) is 23.4 Å². The fraction of sp³-hybridized carbons (Fsp3) is 0.462. The van der Waals surface area contributed by atoms with Gasteiger partial charge in [0.1, 0.15) is 5.75 Å². The molecule has 1 N–H and O–H groups in total. The first-order valence-corrected chi connectivity index (χ1v) is 6.19. The molecule has 0 radical (unpaired) electrons. The molecule has 18 heavy (non-hydrogen) atoms. The molecule has 100 valence electrons. The highest BCUT2D eigenvalue weighted by Gasteiger charge is 2.11. The second kappa shape index (κ2) is 7.24. The highest BCUT2D eigenvalue weighted by atomic mass is 35.5. The lowest BCUT2D eigenvalue weighted by atomic mass is 10.1. The summed E-state index contributed by atoms with van der Waals surface area (Å²) in [5.74, 6) is 0.577. The number of hydrogen-bond donors (Lipinski definition) is 1. The van der Waals surface area contributed by atoms with Gasteiger partial charge in [0, 0.05) is 12.1 Å². The van der Waals surface area contributed by atoms with Crippen LogP contribution in [0.3, 0.4) is 0 Å². The maximum Gasteiger partial charge on any atom is 0.147 e. The van der Waals surface area contributed by atoms with E-state index in [1.807, 2.05) is 20.2 Å². The Morgan fingerprint density at radius 3 is 2.78 bits per heavy atom. The largest absolute Gasteiger partial charge is 0.491 e. The van der Waals surface area contributed by atoms with Crippen LogP contribution >= 0.6 is 11.6 Å². The Labute approximate surface area is 113 Å². The Balaban J connectivity index is 2.74. The number of hydrogen-bond acceptors (Lipinski definition) is 4. The highest BCUT2D eigenvalue weighted by Crippen LogP contribution is 2.29. The second-order valence-corrected chi connectivity index (χ2v) is 4.71. The molecule has 5 heteroatoms. The van der Waals surface area contributed by atoms with E-state index in [0.29, 0.717) is 23.1 Å². The van der Waals surface area contributed by atoms with Crippen LogP contribution in [0.5, 0.6) is 5.75 Å². The van der Waals surface area contributed by atoms with E-state index in [-0.39, 0.29) is 0 Å². The van der Waals surface area contributed by atoms with Crippen molar-refractivity contribution in [1.82, 2.24) is 4.90 Å². The average molecular weight is 271 g/mol. The summed E-state index contributed by atoms with van der Waals surface area (Å²) >= 11 is 6.10. The van der Waals surface area contributed by atoms with Crippen molar-refractivity contribution in [3.05, 3.63) is 28.8 Å². The number of halogens is 1. The van der Waals surface area contributed by atoms with Crippen LogP contribution in [0, 0.1) is 0 Å². The molecule has 0 saturated carbocycles. The van der Waals surface area contributed by atoms with Crippen molar-refractivity contribution in [2.45, 2.75) is 13.3 Å². The van der Waals surface area contributed by atoms with Crippen molar-refractivity contribution >= 4 is 17.3 Å². The molecule has 1 rings (SSSR count). The normalized spacial score (nSPS) is 11.9. The Morgan fingerprint density at radius 1 is 1.44 bits per heavy atom. The van der Waals surface area contributed by atoms with Crippen molar-refractivity contribution in [1.29, 1.82) is 0 Å². The van der Waals surface area contributed by atoms with Crippen molar-refractivity contribution in [2.75, 3.05) is 27.2 Å². The molecule has 1 aromatic rings. The van der Waals surface area contributed by atoms with E-state index in [2.05, 4.69) is 10.1 Å². The third-order valence-electron chi connectivity index (χ3n) is 2.50. The molecule has 0 aliphatic heterocycles. The molecule has 0 aromatic heterocycles. The standard InChI is InChI=1S/C13H19ClN2O2/c1-10(15-17)11-6-4-7-12(14)13(11)18-9-5-8-16(2)3/h4,6-7,17H,5,8-9H2,1-3H3/b15-10+. The summed E-state index contributed by atoms with van der Waals surface area (Å²) in [6.07, 6.45) is 0.910. The fourth-order valence-corrected chi connectivity index (χ4v) is 1.78. The van der Waals surface area contributed by atoms with E-state index in [1.54, 1.807) is 19.1 Å². The van der Waals surface area contributed by atoms with Gasteiger partial charge >= 0.3 is 0 Å². The lowest BCUT2D eigenvalue weighted by Gasteiger charge is -2.14. The molecule has 0 bridgehead atoms. The maximum absolute atomic E-state index is 8.83. The Bertz CT molecular complexity index is 419. The van der Waals surface area contributed by atoms with Gasteiger partial charge in [-0.15, -0.1) is 0 Å². The fourth-order valence-electron chi connectivity index (χ4n) is 1.55. The number of benzene rings is 1. The van der Waals surface area contributed by atoms with Crippen LogP contribution in [-0.4, -0.2) is 43.1 Å². The lowest BCUT2D eigenvalue weighted by molar-refractivity contribution is 0.281. The average Bonchev–Trinajstić information content (AvgIpc) is 2.34. The number of nitrogens with zero attached hydrogens (tertiary/aromatic N) is 2. The molecule has 0 unspecified atom stereocenters. The minimum Gasteiger partial charge on any atom is -0.491 e. The van der Waals surface area contributed by atoms with Gasteiger partial charge in [0.05, 0.1) is 17.3 Å². The molecule has 0 atom stereocenters. The summed E-state index contributed by atoms with van der Waals surface area (Å²) < 4.78 is 5.69. The van der Waals surface area contributed by atoms with Crippen LogP contribution in [0.4, 0.5) is 0 Å². The molecule has 0 fully saturated rings. The highest BCUT2D eigenvalue weighted by molar-refractivity contribution is 6.32. The zero-order valence-corrected chi connectivity index (χ0v) is 11.7. The van der Waals surface area contributed by atoms with Crippen LogP contribution in [0.2, 0.25) is 5.02 Å². The maximum atomic E-state index is 8.83. The quantitative estimate of drug-likeness (QED) is 0.374. The van der Waals surface area contributed by atoms with Crippen molar-refractivity contribution in [3.63, 3.8) is 0 Å². The van der Waals surface area contributed by atoms with E-state index in [4.69, 9.17) is 21.5 Å². The predicted molar refractivity (Wildman–Crippen MR) is 74.1 cm³/mol. The summed E-state index contributed by atoms with van der Waals surface area (Å²) in [6, 6.07) is 5.39. The van der Waals surface area contributed by atoms with E-state index < -0.39 is 0 Å². The molecule has 4 nitrogen and oxygen atoms in total. The summed E-state index contributed by atoms with van der Waals surface area (Å²) in [7, 11) is 4.03. The van der Waals surface area contributed by atoms with Crippen molar-refractivity contribution in [3.8, 4) is 5.75 Å². The number of ether oxygens (including phenoxy) is 1. The number of rotatable bonds is 6. The Morgan fingerprint density at radius 2 is 2.17 bits per heavy atom. The topological polar surface area (TPSA) is 45.1 Å². The summed E-state index contributed by atoms with van der Waals surface area (Å²) in [5.41, 5.74) is 1.20. The summed E-state index contributed by atoms with van der Waals surface area (Å²) in [5, 5.41) is 12.5. The van der Waals surface area contributed by atoms with Gasteiger partial charge in [0.2, 0.25) is 0 Å². The molecule has 0 aliphatic rings. The number of oxime groups is 1.